The number of anilines is 1. The lowest BCUT2D eigenvalue weighted by atomic mass is 10.1. The number of rotatable bonds is 3. The average molecular weight is 280 g/mol. The van der Waals surface area contributed by atoms with Gasteiger partial charge in [0.15, 0.2) is 0 Å². The zero-order valence-corrected chi connectivity index (χ0v) is 11.0. The topological polar surface area (TPSA) is 111 Å². The smallest absolute Gasteiger partial charge is 0.282 e. The number of nitrogens with two attached hydrogens (primary N) is 1. The first kappa shape index (κ1) is 14.2. The van der Waals surface area contributed by atoms with Crippen LogP contribution in [0.25, 0.3) is 0 Å². The number of nitro benzene ring substituents is 1. The number of nitrogen functional groups attached to an aromatic ring is 1. The number of carbonyl (C=O) groups is 1. The molecular weight excluding hydrogens is 264 g/mol. The molecule has 1 aromatic rings. The predicted octanol–water partition coefficient (Wildman–Crippen LogP) is 0.741. The summed E-state index contributed by atoms with van der Waals surface area (Å²) in [5, 5.41) is 11.0. The Bertz CT molecular complexity index is 534. The van der Waals surface area contributed by atoms with Gasteiger partial charge in [0, 0.05) is 18.3 Å². The highest BCUT2D eigenvalue weighted by atomic mass is 16.6. The lowest BCUT2D eigenvalue weighted by molar-refractivity contribution is -0.385. The summed E-state index contributed by atoms with van der Waals surface area (Å²) in [7, 11) is 0. The third-order valence-electron chi connectivity index (χ3n) is 3.22. The molecule has 1 aliphatic heterocycles. The van der Waals surface area contributed by atoms with Crippen molar-refractivity contribution in [3.05, 3.63) is 33.9 Å². The van der Waals surface area contributed by atoms with Crippen LogP contribution in [0.1, 0.15) is 17.3 Å². The summed E-state index contributed by atoms with van der Waals surface area (Å²) >= 11 is 0. The fourth-order valence-corrected chi connectivity index (χ4v) is 2.14. The molecule has 0 saturated carbocycles. The molecule has 0 aliphatic carbocycles. The van der Waals surface area contributed by atoms with Gasteiger partial charge in [-0.2, -0.15) is 0 Å². The van der Waals surface area contributed by atoms with Gasteiger partial charge in [-0.1, -0.05) is 0 Å². The van der Waals surface area contributed by atoms with Crippen molar-refractivity contribution in [3.8, 4) is 0 Å². The number of amides is 1. The molecule has 1 aromatic carbocycles. The van der Waals surface area contributed by atoms with Crippen LogP contribution in [0.3, 0.4) is 0 Å². The van der Waals surface area contributed by atoms with Crippen molar-refractivity contribution in [2.75, 3.05) is 25.2 Å². The first-order valence-corrected chi connectivity index (χ1v) is 6.18. The number of hydrogen-bond acceptors (Lipinski definition) is 6. The van der Waals surface area contributed by atoms with Crippen molar-refractivity contribution in [2.45, 2.75) is 13.0 Å². The van der Waals surface area contributed by atoms with E-state index < -0.39 is 4.92 Å². The van der Waals surface area contributed by atoms with Crippen molar-refractivity contribution >= 4 is 17.3 Å². The van der Waals surface area contributed by atoms with Gasteiger partial charge in [-0.25, -0.2) is 0 Å². The SMILES string of the molecule is CC1COCCN1C(=O)c1cc(NN)ccc1[N+](=O)[O-]. The molecule has 1 fully saturated rings. The Morgan fingerprint density at radius 2 is 2.35 bits per heavy atom. The van der Waals surface area contributed by atoms with E-state index in [0.29, 0.717) is 25.4 Å². The van der Waals surface area contributed by atoms with Crippen molar-refractivity contribution in [2.24, 2.45) is 5.84 Å². The van der Waals surface area contributed by atoms with E-state index in [2.05, 4.69) is 5.43 Å². The number of hydrazine groups is 1. The Labute approximate surface area is 115 Å². The summed E-state index contributed by atoms with van der Waals surface area (Å²) in [6.07, 6.45) is 0. The number of ether oxygens (including phenoxy) is 1. The van der Waals surface area contributed by atoms with Gasteiger partial charge in [0.25, 0.3) is 11.6 Å². The molecule has 2 rings (SSSR count). The van der Waals surface area contributed by atoms with Crippen LogP contribution in [0, 0.1) is 10.1 Å². The van der Waals surface area contributed by atoms with Crippen LogP contribution in [0.2, 0.25) is 0 Å². The molecular formula is C12H16N4O4. The number of benzene rings is 1. The zero-order chi connectivity index (χ0) is 14.7. The van der Waals surface area contributed by atoms with Crippen LogP contribution in [-0.2, 0) is 4.74 Å². The van der Waals surface area contributed by atoms with Gasteiger partial charge in [-0.3, -0.25) is 20.8 Å². The second-order valence-corrected chi connectivity index (χ2v) is 4.56. The lowest BCUT2D eigenvalue weighted by Crippen LogP contribution is -2.47. The van der Waals surface area contributed by atoms with Crippen molar-refractivity contribution < 1.29 is 14.5 Å². The van der Waals surface area contributed by atoms with Crippen molar-refractivity contribution in [1.82, 2.24) is 4.90 Å². The van der Waals surface area contributed by atoms with E-state index in [1.165, 1.54) is 18.2 Å². The van der Waals surface area contributed by atoms with Gasteiger partial charge in [-0.05, 0) is 19.1 Å². The normalized spacial score (nSPS) is 18.7. The largest absolute Gasteiger partial charge is 0.377 e. The summed E-state index contributed by atoms with van der Waals surface area (Å²) in [5.41, 5.74) is 2.63. The maximum absolute atomic E-state index is 12.5. The Morgan fingerprint density at radius 1 is 1.60 bits per heavy atom. The molecule has 1 unspecified atom stereocenters. The van der Waals surface area contributed by atoms with Crippen LogP contribution in [0.15, 0.2) is 18.2 Å². The average Bonchev–Trinajstić information content (AvgIpc) is 2.46. The van der Waals surface area contributed by atoms with Crippen molar-refractivity contribution in [3.63, 3.8) is 0 Å². The molecule has 8 nitrogen and oxygen atoms in total. The first-order valence-electron chi connectivity index (χ1n) is 6.18. The highest BCUT2D eigenvalue weighted by Gasteiger charge is 2.29. The van der Waals surface area contributed by atoms with Crippen LogP contribution >= 0.6 is 0 Å². The van der Waals surface area contributed by atoms with Gasteiger partial charge in [-0.15, -0.1) is 0 Å². The fourth-order valence-electron chi connectivity index (χ4n) is 2.14. The Kier molecular flexibility index (Phi) is 4.16. The molecule has 0 radical (unpaired) electrons. The van der Waals surface area contributed by atoms with Gasteiger partial charge in [0.2, 0.25) is 0 Å². The Morgan fingerprint density at radius 3 is 2.95 bits per heavy atom. The number of nitrogens with zero attached hydrogens (tertiary/aromatic N) is 2. The zero-order valence-electron chi connectivity index (χ0n) is 11.0. The van der Waals surface area contributed by atoms with Crippen LogP contribution < -0.4 is 11.3 Å². The van der Waals surface area contributed by atoms with E-state index in [1.807, 2.05) is 6.92 Å². The summed E-state index contributed by atoms with van der Waals surface area (Å²) in [6, 6.07) is 4.00. The van der Waals surface area contributed by atoms with E-state index in [9.17, 15) is 14.9 Å². The van der Waals surface area contributed by atoms with E-state index in [0.717, 1.165) is 0 Å². The first-order chi connectivity index (χ1) is 9.54. The maximum Gasteiger partial charge on any atom is 0.282 e. The molecule has 0 spiro atoms. The molecule has 1 aliphatic rings. The van der Waals surface area contributed by atoms with E-state index in [4.69, 9.17) is 10.6 Å². The second-order valence-electron chi connectivity index (χ2n) is 4.56. The molecule has 1 amide bonds. The van der Waals surface area contributed by atoms with E-state index in [1.54, 1.807) is 4.90 Å². The molecule has 0 bridgehead atoms. The molecule has 108 valence electrons. The lowest BCUT2D eigenvalue weighted by Gasteiger charge is -2.33. The van der Waals surface area contributed by atoms with E-state index in [-0.39, 0.29) is 23.2 Å². The maximum atomic E-state index is 12.5. The Hall–Kier alpha value is -2.19. The second kappa shape index (κ2) is 5.85. The fraction of sp³-hybridized carbons (Fsp3) is 0.417. The minimum atomic E-state index is -0.571. The summed E-state index contributed by atoms with van der Waals surface area (Å²) in [4.78, 5) is 24.6. The molecule has 0 aromatic heterocycles. The predicted molar refractivity (Wildman–Crippen MR) is 72.2 cm³/mol. The quantitative estimate of drug-likeness (QED) is 0.480. The Balaban J connectivity index is 2.38. The number of morpholine rings is 1. The number of hydrogen-bond donors (Lipinski definition) is 2. The third kappa shape index (κ3) is 2.70. The van der Waals surface area contributed by atoms with Gasteiger partial charge < -0.3 is 15.1 Å². The van der Waals surface area contributed by atoms with Gasteiger partial charge in [0.1, 0.15) is 5.56 Å². The van der Waals surface area contributed by atoms with Crippen LogP contribution in [-0.4, -0.2) is 41.5 Å². The van der Waals surface area contributed by atoms with Crippen molar-refractivity contribution in [1.29, 1.82) is 0 Å². The highest BCUT2D eigenvalue weighted by Crippen LogP contribution is 2.25. The summed E-state index contributed by atoms with van der Waals surface area (Å²) in [5.74, 6) is 4.90. The minimum absolute atomic E-state index is 0.0270. The van der Waals surface area contributed by atoms with Gasteiger partial charge in [0.05, 0.1) is 24.2 Å². The molecule has 1 saturated heterocycles. The highest BCUT2D eigenvalue weighted by molar-refractivity contribution is 5.99. The standard InChI is InChI=1S/C12H16N4O4/c1-8-7-20-5-4-15(8)12(17)10-6-9(14-13)2-3-11(10)16(18)19/h2-3,6,8,14H,4-5,7,13H2,1H3. The number of nitro groups is 1. The van der Waals surface area contributed by atoms with Crippen LogP contribution in [0.4, 0.5) is 11.4 Å². The third-order valence-corrected chi connectivity index (χ3v) is 3.22. The molecule has 20 heavy (non-hydrogen) atoms. The van der Waals surface area contributed by atoms with Gasteiger partial charge >= 0.3 is 0 Å². The summed E-state index contributed by atoms with van der Waals surface area (Å²) < 4.78 is 5.26. The summed E-state index contributed by atoms with van der Waals surface area (Å²) in [6.45, 7) is 3.11. The molecule has 1 atom stereocenters. The molecule has 1 heterocycles. The number of carbonyl (C=O) groups excluding carboxylic acids is 1. The number of nitrogens with one attached hydrogen (secondary N) is 1. The van der Waals surface area contributed by atoms with Crippen LogP contribution in [0.5, 0.6) is 0 Å². The molecule has 3 N–H and O–H groups in total. The minimum Gasteiger partial charge on any atom is -0.377 e. The monoisotopic (exact) mass is 280 g/mol. The van der Waals surface area contributed by atoms with E-state index >= 15 is 0 Å². The molecule has 8 heteroatoms.